The largest absolute Gasteiger partial charge is 0.464 e. The van der Waals surface area contributed by atoms with Crippen molar-refractivity contribution in [1.82, 2.24) is 9.80 Å². The average molecular weight is 347 g/mol. The molecule has 0 saturated carbocycles. The summed E-state index contributed by atoms with van der Waals surface area (Å²) in [7, 11) is 7.33. The second-order valence-electron chi connectivity index (χ2n) is 5.79. The third-order valence-corrected chi connectivity index (χ3v) is 3.11. The minimum absolute atomic E-state index is 0.275. The summed E-state index contributed by atoms with van der Waals surface area (Å²) < 4.78 is 19.0. The van der Waals surface area contributed by atoms with Gasteiger partial charge in [0.15, 0.2) is 0 Å². The van der Waals surface area contributed by atoms with Crippen molar-refractivity contribution < 1.29 is 9.13 Å². The first-order valence-electron chi connectivity index (χ1n) is 7.78. The Balaban J connectivity index is 2.85. The molecule has 3 N–H and O–H groups in total. The first kappa shape index (κ1) is 20.4. The fraction of sp³-hybridized carbons (Fsp3) is 0.333. The van der Waals surface area contributed by atoms with Crippen LogP contribution in [-0.4, -0.2) is 56.6 Å². The number of nitrogens with zero attached hydrogens (tertiary/aromatic N) is 3. The Kier molecular flexibility index (Phi) is 8.35. The lowest BCUT2D eigenvalue weighted by atomic mass is 10.2. The fourth-order valence-corrected chi connectivity index (χ4v) is 1.82. The molecule has 0 bridgehead atoms. The van der Waals surface area contributed by atoms with Crippen molar-refractivity contribution in [3.05, 3.63) is 53.7 Å². The Morgan fingerprint density at radius 3 is 2.64 bits per heavy atom. The Labute approximate surface area is 148 Å². The summed E-state index contributed by atoms with van der Waals surface area (Å²) in [5, 5.41) is 7.68. The molecule has 0 aromatic heterocycles. The van der Waals surface area contributed by atoms with Crippen LogP contribution in [0.5, 0.6) is 5.75 Å². The average Bonchev–Trinajstić information content (AvgIpc) is 2.55. The van der Waals surface area contributed by atoms with Gasteiger partial charge in [0, 0.05) is 64.9 Å². The molecule has 0 spiro atoms. The van der Waals surface area contributed by atoms with E-state index in [0.717, 1.165) is 11.1 Å². The molecule has 0 atom stereocenters. The molecule has 1 aromatic rings. The number of nitrogens with one attached hydrogen (secondary N) is 1. The zero-order chi connectivity index (χ0) is 18.8. The highest BCUT2D eigenvalue weighted by molar-refractivity contribution is 5.89. The summed E-state index contributed by atoms with van der Waals surface area (Å²) in [4.78, 5) is 7.87. The van der Waals surface area contributed by atoms with E-state index in [1.165, 1.54) is 24.5 Å². The van der Waals surface area contributed by atoms with Crippen LogP contribution >= 0.6 is 0 Å². The van der Waals surface area contributed by atoms with Crippen molar-refractivity contribution in [3.63, 3.8) is 0 Å². The van der Waals surface area contributed by atoms with Crippen LogP contribution in [0, 0.1) is 11.2 Å². The number of benzene rings is 1. The summed E-state index contributed by atoms with van der Waals surface area (Å²) >= 11 is 0. The van der Waals surface area contributed by atoms with Crippen LogP contribution in [0.4, 0.5) is 4.39 Å². The summed E-state index contributed by atoms with van der Waals surface area (Å²) in [5.41, 5.74) is 7.29. The number of hydrogen-bond acceptors (Lipinski definition) is 5. The number of amidine groups is 1. The first-order valence-corrected chi connectivity index (χ1v) is 7.78. The monoisotopic (exact) mass is 347 g/mol. The number of likely N-dealkylation sites (N-methyl/N-ethyl adjacent to an activating group) is 1. The van der Waals surface area contributed by atoms with E-state index in [0.29, 0.717) is 18.8 Å². The van der Waals surface area contributed by atoms with Gasteiger partial charge >= 0.3 is 0 Å². The highest BCUT2D eigenvalue weighted by Gasteiger charge is 2.04. The van der Waals surface area contributed by atoms with Gasteiger partial charge in [0.25, 0.3) is 0 Å². The van der Waals surface area contributed by atoms with Crippen LogP contribution in [-0.2, 0) is 6.54 Å². The number of rotatable bonds is 8. The highest BCUT2D eigenvalue weighted by Crippen LogP contribution is 2.21. The standard InChI is InChI=1S/C18H26FN5O/c1-23(2)13-14(10-20)11-22-12-15-5-6-16(19)9-17(15)25-8-7-18(21)24(3)4/h5-9,11,13,21H,10,12,20H2,1-4H3/b8-7+,14-13-,21-18?,22-11?. The molecular formula is C18H26FN5O. The minimum atomic E-state index is -0.394. The number of halogens is 1. The number of aliphatic imine (C=N–C) groups is 1. The summed E-state index contributed by atoms with van der Waals surface area (Å²) in [6, 6.07) is 4.29. The normalized spacial score (nSPS) is 12.0. The van der Waals surface area contributed by atoms with Crippen LogP contribution in [0.25, 0.3) is 0 Å². The van der Waals surface area contributed by atoms with E-state index in [-0.39, 0.29) is 5.84 Å². The van der Waals surface area contributed by atoms with Crippen molar-refractivity contribution >= 4 is 12.1 Å². The van der Waals surface area contributed by atoms with Crippen LogP contribution in [0.2, 0.25) is 0 Å². The predicted molar refractivity (Wildman–Crippen MR) is 101 cm³/mol. The zero-order valence-electron chi connectivity index (χ0n) is 15.2. The molecule has 1 aromatic carbocycles. The van der Waals surface area contributed by atoms with Crippen molar-refractivity contribution in [2.45, 2.75) is 6.54 Å². The summed E-state index contributed by atoms with van der Waals surface area (Å²) in [5.74, 6) is 0.247. The molecule has 0 unspecified atom stereocenters. The lowest BCUT2D eigenvalue weighted by Gasteiger charge is -2.10. The van der Waals surface area contributed by atoms with Gasteiger partial charge in [-0.05, 0) is 11.6 Å². The molecule has 0 radical (unpaired) electrons. The second kappa shape index (κ2) is 10.2. The molecule has 25 heavy (non-hydrogen) atoms. The smallest absolute Gasteiger partial charge is 0.134 e. The molecule has 0 heterocycles. The zero-order valence-corrected chi connectivity index (χ0v) is 15.2. The Bertz CT molecular complexity index is 665. The number of ether oxygens (including phenoxy) is 1. The van der Waals surface area contributed by atoms with E-state index in [4.69, 9.17) is 15.9 Å². The van der Waals surface area contributed by atoms with E-state index in [9.17, 15) is 4.39 Å². The van der Waals surface area contributed by atoms with Gasteiger partial charge in [-0.25, -0.2) is 4.39 Å². The Hall–Kier alpha value is -2.67. The maximum Gasteiger partial charge on any atom is 0.134 e. The molecule has 0 saturated heterocycles. The molecule has 0 aliphatic heterocycles. The van der Waals surface area contributed by atoms with Crippen LogP contribution in [0.15, 0.2) is 47.3 Å². The molecule has 6 nitrogen and oxygen atoms in total. The predicted octanol–water partition coefficient (Wildman–Crippen LogP) is 2.23. The number of hydrogen-bond donors (Lipinski definition) is 2. The maximum absolute atomic E-state index is 13.5. The molecule has 1 rings (SSSR count). The minimum Gasteiger partial charge on any atom is -0.464 e. The maximum atomic E-state index is 13.5. The molecule has 0 fully saturated rings. The van der Waals surface area contributed by atoms with E-state index in [1.54, 1.807) is 31.3 Å². The van der Waals surface area contributed by atoms with Crippen molar-refractivity contribution in [3.8, 4) is 5.75 Å². The SMILES string of the molecule is CN(C)/C=C(\C=NCc1ccc(F)cc1O/C=C/C(=N)N(C)C)CN. The van der Waals surface area contributed by atoms with Crippen molar-refractivity contribution in [2.24, 2.45) is 10.7 Å². The number of nitrogens with two attached hydrogens (primary N) is 1. The van der Waals surface area contributed by atoms with Gasteiger partial charge in [0.1, 0.15) is 17.4 Å². The Morgan fingerprint density at radius 2 is 2.04 bits per heavy atom. The fourth-order valence-electron chi connectivity index (χ4n) is 1.82. The third kappa shape index (κ3) is 7.63. The van der Waals surface area contributed by atoms with Gasteiger partial charge in [0.05, 0.1) is 12.8 Å². The third-order valence-electron chi connectivity index (χ3n) is 3.11. The van der Waals surface area contributed by atoms with Crippen LogP contribution in [0.3, 0.4) is 0 Å². The lowest BCUT2D eigenvalue weighted by molar-refractivity contribution is 0.468. The Morgan fingerprint density at radius 1 is 1.32 bits per heavy atom. The molecule has 7 heteroatoms. The quantitative estimate of drug-likeness (QED) is 0.429. The van der Waals surface area contributed by atoms with E-state index in [2.05, 4.69) is 4.99 Å². The summed E-state index contributed by atoms with van der Waals surface area (Å²) in [6.07, 6.45) is 6.44. The molecule has 0 aliphatic rings. The van der Waals surface area contributed by atoms with E-state index in [1.807, 2.05) is 25.2 Å². The van der Waals surface area contributed by atoms with Gasteiger partial charge in [-0.2, -0.15) is 0 Å². The van der Waals surface area contributed by atoms with Crippen molar-refractivity contribution in [2.75, 3.05) is 34.7 Å². The van der Waals surface area contributed by atoms with Gasteiger partial charge < -0.3 is 20.3 Å². The second-order valence-corrected chi connectivity index (χ2v) is 5.79. The van der Waals surface area contributed by atoms with Crippen molar-refractivity contribution in [1.29, 1.82) is 5.41 Å². The first-order chi connectivity index (χ1) is 11.8. The topological polar surface area (TPSA) is 77.9 Å². The molecule has 0 amide bonds. The van der Waals surface area contributed by atoms with E-state index >= 15 is 0 Å². The van der Waals surface area contributed by atoms with E-state index < -0.39 is 5.82 Å². The van der Waals surface area contributed by atoms with Gasteiger partial charge in [0.2, 0.25) is 0 Å². The summed E-state index contributed by atoms with van der Waals surface area (Å²) in [6.45, 7) is 0.711. The molecular weight excluding hydrogens is 321 g/mol. The van der Waals surface area contributed by atoms with Crippen LogP contribution < -0.4 is 10.5 Å². The highest BCUT2D eigenvalue weighted by atomic mass is 19.1. The lowest BCUT2D eigenvalue weighted by Crippen LogP contribution is -2.18. The molecule has 136 valence electrons. The van der Waals surface area contributed by atoms with Gasteiger partial charge in [-0.15, -0.1) is 0 Å². The molecule has 0 aliphatic carbocycles. The van der Waals surface area contributed by atoms with Gasteiger partial charge in [-0.1, -0.05) is 6.07 Å². The van der Waals surface area contributed by atoms with Crippen LogP contribution in [0.1, 0.15) is 5.56 Å². The van der Waals surface area contributed by atoms with Gasteiger partial charge in [-0.3, -0.25) is 10.4 Å².